The summed E-state index contributed by atoms with van der Waals surface area (Å²) in [6.07, 6.45) is -3.08. The number of rotatable bonds is 6. The van der Waals surface area contributed by atoms with Crippen molar-refractivity contribution in [3.63, 3.8) is 0 Å². The van der Waals surface area contributed by atoms with Gasteiger partial charge in [-0.15, -0.1) is 16.2 Å². The molecule has 0 saturated heterocycles. The molecule has 0 aliphatic heterocycles. The van der Waals surface area contributed by atoms with E-state index in [-0.39, 0.29) is 26.1 Å². The molecule has 6 nitrogen and oxygen atoms in total. The second-order valence-corrected chi connectivity index (χ2v) is 10.9. The van der Waals surface area contributed by atoms with Gasteiger partial charge in [0.1, 0.15) is 4.90 Å². The number of sulfonamides is 1. The number of benzene rings is 3. The Bertz CT molecular complexity index is 1570. The second kappa shape index (κ2) is 10.6. The fraction of sp³-hybridized carbons (Fsp3) is 0.120. The summed E-state index contributed by atoms with van der Waals surface area (Å²) < 4.78 is 72.0. The molecule has 1 aromatic heterocycles. The molecule has 0 unspecified atom stereocenters. The van der Waals surface area contributed by atoms with Crippen molar-refractivity contribution in [2.45, 2.75) is 28.6 Å². The fourth-order valence-corrected chi connectivity index (χ4v) is 6.30. The fourth-order valence-electron chi connectivity index (χ4n) is 3.55. The highest BCUT2D eigenvalue weighted by Gasteiger charge is 2.33. The Balaban J connectivity index is 1.71. The first-order valence-electron chi connectivity index (χ1n) is 10.8. The number of nitrogens with two attached hydrogens (primary N) is 1. The molecule has 0 atom stereocenters. The molecule has 0 radical (unpaired) electrons. The van der Waals surface area contributed by atoms with Gasteiger partial charge in [0.15, 0.2) is 0 Å². The van der Waals surface area contributed by atoms with Gasteiger partial charge in [-0.2, -0.15) is 31.4 Å². The molecular weight excluding hydrogens is 545 g/mol. The van der Waals surface area contributed by atoms with E-state index in [2.05, 4.69) is 9.50 Å². The maximum Gasteiger partial charge on any atom is 0.416 e. The van der Waals surface area contributed by atoms with Crippen LogP contribution in [0.1, 0.15) is 16.7 Å². The van der Waals surface area contributed by atoms with Gasteiger partial charge in [0.05, 0.1) is 17.5 Å². The summed E-state index contributed by atoms with van der Waals surface area (Å²) in [5.74, 6) is -0.538. The van der Waals surface area contributed by atoms with E-state index >= 15 is 0 Å². The summed E-state index contributed by atoms with van der Waals surface area (Å²) >= 11 is 7.14. The molecule has 4 aromatic rings. The van der Waals surface area contributed by atoms with E-state index in [1.807, 2.05) is 30.3 Å². The van der Waals surface area contributed by atoms with E-state index in [0.29, 0.717) is 11.3 Å². The lowest BCUT2D eigenvalue weighted by Crippen LogP contribution is -2.26. The minimum absolute atomic E-state index is 0.00658. The lowest BCUT2D eigenvalue weighted by molar-refractivity contribution is -0.138. The maximum absolute atomic E-state index is 13.4. The Hall–Kier alpha value is -3.28. The topological polar surface area (TPSA) is 90.3 Å². The van der Waals surface area contributed by atoms with Crippen LogP contribution in [0.15, 0.2) is 93.2 Å². The lowest BCUT2D eigenvalue weighted by Gasteiger charge is -2.14. The summed E-state index contributed by atoms with van der Waals surface area (Å²) in [7, 11) is -4.40. The normalized spacial score (nSPS) is 12.6. The molecule has 0 amide bonds. The summed E-state index contributed by atoms with van der Waals surface area (Å²) in [4.78, 5) is -0.0758. The first-order chi connectivity index (χ1) is 17.5. The molecule has 2 N–H and O–H groups in total. The molecule has 0 bridgehead atoms. The Morgan fingerprint density at radius 1 is 1.08 bits per heavy atom. The summed E-state index contributed by atoms with van der Waals surface area (Å²) in [5, 5.41) is 4.36. The minimum Gasteiger partial charge on any atom is -0.367 e. The summed E-state index contributed by atoms with van der Waals surface area (Å²) in [6, 6.07) is 18.6. The largest absolute Gasteiger partial charge is 0.416 e. The predicted octanol–water partition coefficient (Wildman–Crippen LogP) is 6.37. The molecule has 0 saturated carbocycles. The molecule has 3 aromatic carbocycles. The minimum atomic E-state index is -4.55. The Labute approximate surface area is 221 Å². The summed E-state index contributed by atoms with van der Waals surface area (Å²) in [6.45, 7) is 1.61. The van der Waals surface area contributed by atoms with Gasteiger partial charge in [0.2, 0.25) is 5.96 Å². The van der Waals surface area contributed by atoms with Gasteiger partial charge in [0, 0.05) is 21.2 Å². The van der Waals surface area contributed by atoms with E-state index in [1.54, 1.807) is 13.0 Å². The monoisotopic (exact) mass is 564 g/mol. The molecule has 1 heterocycles. The first-order valence-corrected chi connectivity index (χ1v) is 13.6. The number of aromatic nitrogens is 2. The van der Waals surface area contributed by atoms with E-state index in [9.17, 15) is 21.6 Å². The van der Waals surface area contributed by atoms with Crippen molar-refractivity contribution >= 4 is 39.3 Å². The lowest BCUT2D eigenvalue weighted by atomic mass is 10.1. The van der Waals surface area contributed by atoms with E-state index in [1.165, 1.54) is 41.2 Å². The zero-order valence-corrected chi connectivity index (χ0v) is 21.7. The van der Waals surface area contributed by atoms with Crippen LogP contribution in [-0.2, 0) is 22.0 Å². The molecule has 192 valence electrons. The Morgan fingerprint density at radius 2 is 1.76 bits per heavy atom. The van der Waals surface area contributed by atoms with Crippen LogP contribution in [0, 0.1) is 6.92 Å². The van der Waals surface area contributed by atoms with Crippen molar-refractivity contribution < 1.29 is 21.6 Å². The van der Waals surface area contributed by atoms with Crippen molar-refractivity contribution in [3.8, 4) is 11.3 Å². The van der Waals surface area contributed by atoms with Gasteiger partial charge >= 0.3 is 6.18 Å². The third-order valence-electron chi connectivity index (χ3n) is 5.35. The van der Waals surface area contributed by atoms with E-state index < -0.39 is 27.7 Å². The van der Waals surface area contributed by atoms with Crippen LogP contribution in [0.5, 0.6) is 0 Å². The molecule has 4 rings (SSSR count). The third-order valence-corrected chi connectivity index (χ3v) is 8.31. The number of alkyl halides is 3. The number of halogens is 4. The second-order valence-electron chi connectivity index (χ2n) is 7.91. The van der Waals surface area contributed by atoms with Gasteiger partial charge in [-0.3, -0.25) is 0 Å². The highest BCUT2D eigenvalue weighted by molar-refractivity contribution is 7.99. The molecule has 0 aliphatic carbocycles. The van der Waals surface area contributed by atoms with Crippen LogP contribution in [-0.4, -0.2) is 24.2 Å². The quantitative estimate of drug-likeness (QED) is 0.167. The molecule has 0 aliphatic rings. The van der Waals surface area contributed by atoms with Crippen molar-refractivity contribution in [1.29, 1.82) is 0 Å². The molecule has 0 fully saturated rings. The molecular formula is C25H20ClF3N4O2S2. The average molecular weight is 565 g/mol. The van der Waals surface area contributed by atoms with E-state index in [4.69, 9.17) is 17.3 Å². The van der Waals surface area contributed by atoms with Crippen molar-refractivity contribution in [3.05, 3.63) is 101 Å². The Kier molecular flexibility index (Phi) is 7.67. The number of nitrogens with zero attached hydrogens (tertiary/aromatic N) is 3. The highest BCUT2D eigenvalue weighted by atomic mass is 35.5. The van der Waals surface area contributed by atoms with Gasteiger partial charge in [-0.25, -0.2) is 0 Å². The highest BCUT2D eigenvalue weighted by Crippen LogP contribution is 2.38. The standard InChI is InChI=1S/C25H20ClF3N4O2S2/c1-16-13-23(22(14-20(16)26)36-15-18-9-5-6-10-19(18)25(27,28)29)37(34,35)32-24(30)33-21(11-12-31-33)17-7-3-2-4-8-17/h2-14H,15H2,1H3,(H2,30,32). The van der Waals surface area contributed by atoms with Gasteiger partial charge in [-0.05, 0) is 42.3 Å². The van der Waals surface area contributed by atoms with Crippen LogP contribution < -0.4 is 5.73 Å². The number of hydrogen-bond acceptors (Lipinski definition) is 4. The van der Waals surface area contributed by atoms with Crippen LogP contribution >= 0.6 is 23.4 Å². The zero-order chi connectivity index (χ0) is 26.8. The van der Waals surface area contributed by atoms with Crippen LogP contribution in [0.25, 0.3) is 11.3 Å². The van der Waals surface area contributed by atoms with Gasteiger partial charge < -0.3 is 5.73 Å². The molecule has 0 spiro atoms. The smallest absolute Gasteiger partial charge is 0.367 e. The SMILES string of the molecule is Cc1cc(S(=O)(=O)/N=C(\N)n2nccc2-c2ccccc2)c(SCc2ccccc2C(F)(F)F)cc1Cl. The average Bonchev–Trinajstić information content (AvgIpc) is 3.35. The van der Waals surface area contributed by atoms with Gasteiger partial charge in [0.25, 0.3) is 10.0 Å². The number of thioether (sulfide) groups is 1. The molecule has 37 heavy (non-hydrogen) atoms. The zero-order valence-electron chi connectivity index (χ0n) is 19.3. The van der Waals surface area contributed by atoms with Gasteiger partial charge in [-0.1, -0.05) is 60.1 Å². The maximum atomic E-state index is 13.4. The van der Waals surface area contributed by atoms with E-state index in [0.717, 1.165) is 23.4 Å². The van der Waals surface area contributed by atoms with Crippen LogP contribution in [0.2, 0.25) is 5.02 Å². The van der Waals surface area contributed by atoms with Crippen molar-refractivity contribution in [1.82, 2.24) is 9.78 Å². The number of hydrogen-bond donors (Lipinski definition) is 1. The molecule has 12 heteroatoms. The van der Waals surface area contributed by atoms with Crippen LogP contribution in [0.3, 0.4) is 0 Å². The summed E-state index contributed by atoms with van der Waals surface area (Å²) in [5.41, 5.74) is 7.01. The Morgan fingerprint density at radius 3 is 2.46 bits per heavy atom. The third kappa shape index (κ3) is 6.00. The van der Waals surface area contributed by atoms with Crippen molar-refractivity contribution in [2.75, 3.05) is 0 Å². The van der Waals surface area contributed by atoms with Crippen LogP contribution in [0.4, 0.5) is 13.2 Å². The predicted molar refractivity (Wildman–Crippen MR) is 139 cm³/mol. The van der Waals surface area contributed by atoms with Crippen molar-refractivity contribution in [2.24, 2.45) is 10.1 Å². The first kappa shape index (κ1) is 26.8. The number of aryl methyl sites for hydroxylation is 1.